The van der Waals surface area contributed by atoms with Gasteiger partial charge >= 0.3 is 0 Å². The van der Waals surface area contributed by atoms with Gasteiger partial charge in [0.25, 0.3) is 11.5 Å². The number of halogens is 1. The summed E-state index contributed by atoms with van der Waals surface area (Å²) in [5, 5.41) is 17.5. The lowest BCUT2D eigenvalue weighted by atomic mass is 9.94. The number of carbonyl (C=O) groups is 1. The van der Waals surface area contributed by atoms with Gasteiger partial charge in [0.1, 0.15) is 5.82 Å². The van der Waals surface area contributed by atoms with Crippen molar-refractivity contribution in [2.24, 2.45) is 0 Å². The Hall–Kier alpha value is -3.07. The molecule has 1 saturated heterocycles. The van der Waals surface area contributed by atoms with Crippen molar-refractivity contribution >= 4 is 16.7 Å². The second-order valence-electron chi connectivity index (χ2n) is 10.5. The Labute approximate surface area is 216 Å². The topological polar surface area (TPSA) is 86.6 Å². The number of aryl methyl sites for hydroxylation is 1. The quantitative estimate of drug-likeness (QED) is 0.437. The molecule has 1 aliphatic heterocycles. The predicted octanol–water partition coefficient (Wildman–Crippen LogP) is 3.18. The van der Waals surface area contributed by atoms with E-state index in [2.05, 4.69) is 15.5 Å². The maximum absolute atomic E-state index is 14.9. The van der Waals surface area contributed by atoms with Crippen LogP contribution in [0.25, 0.3) is 21.9 Å². The SMILES string of the molecule is Cc1c(F)cc(C(=O)NC2CC2)cc1-c1ccc2c(=O)n(CCC(C)O)cc(CN3CCNCC3)c2c1. The van der Waals surface area contributed by atoms with Gasteiger partial charge in [-0.25, -0.2) is 4.39 Å². The average molecular weight is 507 g/mol. The number of piperazine rings is 1. The van der Waals surface area contributed by atoms with Gasteiger partial charge in [-0.3, -0.25) is 14.5 Å². The number of aliphatic hydroxyl groups is 1. The summed E-state index contributed by atoms with van der Waals surface area (Å²) in [6.07, 6.45) is 3.82. The van der Waals surface area contributed by atoms with Crippen LogP contribution in [-0.4, -0.2) is 58.8 Å². The molecule has 3 aromatic rings. The van der Waals surface area contributed by atoms with Crippen LogP contribution in [0.3, 0.4) is 0 Å². The zero-order chi connectivity index (χ0) is 26.1. The molecule has 3 N–H and O–H groups in total. The Morgan fingerprint density at radius 1 is 1.19 bits per heavy atom. The van der Waals surface area contributed by atoms with Crippen molar-refractivity contribution in [3.63, 3.8) is 0 Å². The molecule has 5 rings (SSSR count). The average Bonchev–Trinajstić information content (AvgIpc) is 3.70. The molecule has 0 bridgehead atoms. The number of nitrogens with one attached hydrogen (secondary N) is 2. The van der Waals surface area contributed by atoms with E-state index < -0.39 is 11.9 Å². The first-order chi connectivity index (χ1) is 17.8. The van der Waals surface area contributed by atoms with Crippen LogP contribution in [0.4, 0.5) is 4.39 Å². The van der Waals surface area contributed by atoms with E-state index in [9.17, 15) is 19.1 Å². The first kappa shape index (κ1) is 25.6. The number of nitrogens with zero attached hydrogens (tertiary/aromatic N) is 2. The van der Waals surface area contributed by atoms with Crippen LogP contribution in [0, 0.1) is 12.7 Å². The zero-order valence-electron chi connectivity index (χ0n) is 21.5. The third-order valence-electron chi connectivity index (χ3n) is 7.39. The fraction of sp³-hybridized carbons (Fsp3) is 0.448. The second kappa shape index (κ2) is 10.7. The maximum Gasteiger partial charge on any atom is 0.258 e. The van der Waals surface area contributed by atoms with Crippen LogP contribution in [0.15, 0.2) is 41.3 Å². The van der Waals surface area contributed by atoms with Gasteiger partial charge in [-0.2, -0.15) is 0 Å². The lowest BCUT2D eigenvalue weighted by molar-refractivity contribution is 0.0950. The van der Waals surface area contributed by atoms with Gasteiger partial charge in [0.15, 0.2) is 0 Å². The second-order valence-corrected chi connectivity index (χ2v) is 10.5. The normalized spacial score (nSPS) is 17.2. The Morgan fingerprint density at radius 3 is 2.65 bits per heavy atom. The standard InChI is InChI=1S/C29H35FN4O3/c1-18(35)7-10-34-17-22(16-33-11-8-31-9-12-33)26-13-20(3-6-24(26)29(34)37)25-14-21(15-27(30)19(25)2)28(36)32-23-4-5-23/h3,6,13-15,17-18,23,31,35H,4-5,7-12,16H2,1-2H3,(H,32,36). The summed E-state index contributed by atoms with van der Waals surface area (Å²) in [6.45, 7) is 8.22. The molecule has 1 unspecified atom stereocenters. The molecule has 2 fully saturated rings. The van der Waals surface area contributed by atoms with E-state index in [0.717, 1.165) is 55.5 Å². The third-order valence-corrected chi connectivity index (χ3v) is 7.39. The number of hydrogen-bond donors (Lipinski definition) is 3. The van der Waals surface area contributed by atoms with Crippen molar-refractivity contribution in [2.45, 2.75) is 58.3 Å². The minimum absolute atomic E-state index is 0.105. The molecule has 2 heterocycles. The van der Waals surface area contributed by atoms with Crippen LogP contribution in [-0.2, 0) is 13.1 Å². The molecule has 0 radical (unpaired) electrons. The van der Waals surface area contributed by atoms with Crippen LogP contribution in [0.5, 0.6) is 0 Å². The molecule has 1 saturated carbocycles. The highest BCUT2D eigenvalue weighted by molar-refractivity contribution is 5.97. The number of pyridine rings is 1. The van der Waals surface area contributed by atoms with E-state index in [0.29, 0.717) is 41.6 Å². The summed E-state index contributed by atoms with van der Waals surface area (Å²) >= 11 is 0. The third kappa shape index (κ3) is 5.76. The first-order valence-electron chi connectivity index (χ1n) is 13.2. The molecule has 7 nitrogen and oxygen atoms in total. The largest absolute Gasteiger partial charge is 0.393 e. The molecular weight excluding hydrogens is 471 g/mol. The van der Waals surface area contributed by atoms with Crippen molar-refractivity contribution in [2.75, 3.05) is 26.2 Å². The number of benzene rings is 2. The number of carbonyl (C=O) groups excluding carboxylic acids is 1. The molecule has 0 spiro atoms. The van der Waals surface area contributed by atoms with Crippen molar-refractivity contribution in [1.29, 1.82) is 0 Å². The Kier molecular flexibility index (Phi) is 7.42. The maximum atomic E-state index is 14.9. The molecule has 8 heteroatoms. The molecule has 2 aliphatic rings. The number of rotatable bonds is 8. The van der Waals surface area contributed by atoms with E-state index in [-0.39, 0.29) is 17.5 Å². The van der Waals surface area contributed by atoms with E-state index in [4.69, 9.17) is 0 Å². The minimum atomic E-state index is -0.496. The van der Waals surface area contributed by atoms with E-state index in [1.807, 2.05) is 18.3 Å². The molecule has 1 atom stereocenters. The van der Waals surface area contributed by atoms with Crippen LogP contribution >= 0.6 is 0 Å². The van der Waals surface area contributed by atoms with Gasteiger partial charge in [-0.1, -0.05) is 6.07 Å². The van der Waals surface area contributed by atoms with Crippen molar-refractivity contribution in [3.05, 3.63) is 69.4 Å². The first-order valence-corrected chi connectivity index (χ1v) is 13.2. The zero-order valence-corrected chi connectivity index (χ0v) is 21.5. The fourth-order valence-electron chi connectivity index (χ4n) is 4.97. The summed E-state index contributed by atoms with van der Waals surface area (Å²) in [7, 11) is 0. The molecule has 37 heavy (non-hydrogen) atoms. The monoisotopic (exact) mass is 506 g/mol. The molecular formula is C29H35FN4O3. The minimum Gasteiger partial charge on any atom is -0.393 e. The summed E-state index contributed by atoms with van der Waals surface area (Å²) < 4.78 is 16.6. The van der Waals surface area contributed by atoms with Crippen LogP contribution < -0.4 is 16.2 Å². The molecule has 1 amide bonds. The fourth-order valence-corrected chi connectivity index (χ4v) is 4.97. The Bertz CT molecular complexity index is 1370. The van der Waals surface area contributed by atoms with Gasteiger partial charge in [0.2, 0.25) is 0 Å². The molecule has 1 aliphatic carbocycles. The molecule has 196 valence electrons. The summed E-state index contributed by atoms with van der Waals surface area (Å²) in [5.41, 5.74) is 3.11. The highest BCUT2D eigenvalue weighted by atomic mass is 19.1. The van der Waals surface area contributed by atoms with Gasteiger partial charge in [0, 0.05) is 62.5 Å². The Balaban J connectivity index is 1.59. The highest BCUT2D eigenvalue weighted by Crippen LogP contribution is 2.31. The van der Waals surface area contributed by atoms with Gasteiger partial charge in [-0.05, 0) is 85.0 Å². The Morgan fingerprint density at radius 2 is 1.95 bits per heavy atom. The smallest absolute Gasteiger partial charge is 0.258 e. The van der Waals surface area contributed by atoms with Gasteiger partial charge in [0.05, 0.1) is 6.10 Å². The number of aliphatic hydroxyl groups excluding tert-OH is 1. The van der Waals surface area contributed by atoms with E-state index in [1.165, 1.54) is 6.07 Å². The summed E-state index contributed by atoms with van der Waals surface area (Å²) in [4.78, 5) is 28.4. The van der Waals surface area contributed by atoms with Gasteiger partial charge < -0.3 is 20.3 Å². The van der Waals surface area contributed by atoms with Crippen LogP contribution in [0.2, 0.25) is 0 Å². The summed E-state index contributed by atoms with van der Waals surface area (Å²) in [6, 6.07) is 8.83. The van der Waals surface area contributed by atoms with Gasteiger partial charge in [-0.15, -0.1) is 0 Å². The van der Waals surface area contributed by atoms with Crippen molar-refractivity contribution in [1.82, 2.24) is 20.1 Å². The van der Waals surface area contributed by atoms with E-state index >= 15 is 0 Å². The predicted molar refractivity (Wildman–Crippen MR) is 143 cm³/mol. The number of hydrogen-bond acceptors (Lipinski definition) is 5. The lowest BCUT2D eigenvalue weighted by Crippen LogP contribution is -2.43. The highest BCUT2D eigenvalue weighted by Gasteiger charge is 2.25. The summed E-state index contributed by atoms with van der Waals surface area (Å²) in [5.74, 6) is -0.683. The van der Waals surface area contributed by atoms with Crippen molar-refractivity contribution in [3.8, 4) is 11.1 Å². The van der Waals surface area contributed by atoms with E-state index in [1.54, 1.807) is 30.5 Å². The number of fused-ring (bicyclic) bond motifs is 1. The van der Waals surface area contributed by atoms with Crippen molar-refractivity contribution < 1.29 is 14.3 Å². The van der Waals surface area contributed by atoms with Crippen LogP contribution in [0.1, 0.15) is 47.7 Å². The molecule has 1 aromatic heterocycles. The number of aromatic nitrogens is 1. The lowest BCUT2D eigenvalue weighted by Gasteiger charge is -2.28. The number of amides is 1. The molecule has 2 aromatic carbocycles.